The zero-order valence-electron chi connectivity index (χ0n) is 17.8. The Morgan fingerprint density at radius 2 is 1.53 bits per heavy atom. The van der Waals surface area contributed by atoms with Crippen molar-refractivity contribution < 1.29 is 22.8 Å². The average molecular weight is 489 g/mol. The lowest BCUT2D eigenvalue weighted by atomic mass is 10.1. The number of piperazine rings is 1. The summed E-state index contributed by atoms with van der Waals surface area (Å²) in [6.07, 6.45) is -3.24. The molecule has 1 fully saturated rings. The third kappa shape index (κ3) is 5.14. The monoisotopic (exact) mass is 488 g/mol. The van der Waals surface area contributed by atoms with E-state index in [-0.39, 0.29) is 11.6 Å². The van der Waals surface area contributed by atoms with Crippen LogP contribution >= 0.6 is 11.6 Å². The van der Waals surface area contributed by atoms with Crippen LogP contribution in [0.15, 0.2) is 66.9 Å². The fourth-order valence-electron chi connectivity index (χ4n) is 3.72. The van der Waals surface area contributed by atoms with Gasteiger partial charge in [-0.1, -0.05) is 35.9 Å². The molecule has 0 bridgehead atoms. The van der Waals surface area contributed by atoms with Gasteiger partial charge in [0.1, 0.15) is 5.82 Å². The Bertz CT molecular complexity index is 1190. The fraction of sp³-hybridized carbons (Fsp3) is 0.208. The Kier molecular flexibility index (Phi) is 6.74. The highest BCUT2D eigenvalue weighted by atomic mass is 35.5. The predicted octanol–water partition coefficient (Wildman–Crippen LogP) is 4.97. The van der Waals surface area contributed by atoms with Crippen molar-refractivity contribution >= 4 is 34.9 Å². The zero-order valence-corrected chi connectivity index (χ0v) is 18.6. The lowest BCUT2D eigenvalue weighted by Gasteiger charge is -2.35. The van der Waals surface area contributed by atoms with E-state index in [1.54, 1.807) is 41.3 Å². The molecule has 2 heterocycles. The average Bonchev–Trinajstić information content (AvgIpc) is 2.84. The topological polar surface area (TPSA) is 65.5 Å². The van der Waals surface area contributed by atoms with Crippen LogP contribution in [0.25, 0.3) is 0 Å². The molecule has 0 radical (unpaired) electrons. The number of hydrogen-bond acceptors (Lipinski definition) is 4. The maximum atomic E-state index is 13.2. The van der Waals surface area contributed by atoms with Crippen molar-refractivity contribution in [2.75, 3.05) is 36.4 Å². The van der Waals surface area contributed by atoms with E-state index in [1.165, 1.54) is 18.3 Å². The molecule has 176 valence electrons. The van der Waals surface area contributed by atoms with Crippen molar-refractivity contribution in [3.8, 4) is 0 Å². The molecular formula is C24H20ClF3N4O2. The first-order chi connectivity index (χ1) is 16.2. The van der Waals surface area contributed by atoms with Crippen LogP contribution in [0, 0.1) is 0 Å². The van der Waals surface area contributed by atoms with E-state index in [2.05, 4.69) is 10.3 Å². The van der Waals surface area contributed by atoms with Crippen molar-refractivity contribution in [3.63, 3.8) is 0 Å². The summed E-state index contributed by atoms with van der Waals surface area (Å²) in [5.74, 6) is -0.358. The van der Waals surface area contributed by atoms with Gasteiger partial charge < -0.3 is 15.1 Å². The van der Waals surface area contributed by atoms with E-state index in [0.717, 1.165) is 12.1 Å². The van der Waals surface area contributed by atoms with Crippen LogP contribution in [0.2, 0.25) is 5.02 Å². The van der Waals surface area contributed by atoms with E-state index < -0.39 is 23.2 Å². The molecule has 1 aromatic heterocycles. The molecule has 3 aromatic rings. The molecular weight excluding hydrogens is 469 g/mol. The molecule has 1 aliphatic heterocycles. The Morgan fingerprint density at radius 1 is 0.882 bits per heavy atom. The summed E-state index contributed by atoms with van der Waals surface area (Å²) in [6.45, 7) is 2.07. The molecule has 2 aromatic carbocycles. The summed E-state index contributed by atoms with van der Waals surface area (Å²) in [6, 6.07) is 14.8. The molecule has 0 spiro atoms. The van der Waals surface area contributed by atoms with Crippen molar-refractivity contribution in [2.24, 2.45) is 0 Å². The molecule has 0 aliphatic carbocycles. The Labute approximate surface area is 199 Å². The quantitative estimate of drug-likeness (QED) is 0.563. The standard InChI is InChI=1S/C24H20ClF3N4O2/c25-20-8-4-2-6-18(20)23(34)32-13-11-31(12-14-32)21-10-9-16(15-29-21)30-22(33)17-5-1-3-7-19(17)24(26,27)28/h1-10,15H,11-14H2,(H,30,33). The van der Waals surface area contributed by atoms with Gasteiger partial charge in [0.05, 0.1) is 33.6 Å². The second kappa shape index (κ2) is 9.72. The molecule has 1 N–H and O–H groups in total. The van der Waals surface area contributed by atoms with Gasteiger partial charge in [-0.2, -0.15) is 13.2 Å². The molecule has 1 saturated heterocycles. The summed E-state index contributed by atoms with van der Waals surface area (Å²) < 4.78 is 39.5. The highest BCUT2D eigenvalue weighted by Crippen LogP contribution is 2.32. The minimum atomic E-state index is -4.63. The maximum Gasteiger partial charge on any atom is 0.417 e. The molecule has 34 heavy (non-hydrogen) atoms. The smallest absolute Gasteiger partial charge is 0.353 e. The number of carbonyl (C=O) groups excluding carboxylic acids is 2. The number of rotatable bonds is 4. The first kappa shape index (κ1) is 23.6. The van der Waals surface area contributed by atoms with Gasteiger partial charge in [-0.25, -0.2) is 4.98 Å². The number of nitrogens with zero attached hydrogens (tertiary/aromatic N) is 3. The summed E-state index contributed by atoms with van der Waals surface area (Å²) in [4.78, 5) is 33.2. The largest absolute Gasteiger partial charge is 0.417 e. The number of hydrogen-bond donors (Lipinski definition) is 1. The summed E-state index contributed by atoms with van der Waals surface area (Å²) >= 11 is 6.13. The van der Waals surface area contributed by atoms with E-state index in [0.29, 0.717) is 42.6 Å². The minimum absolute atomic E-state index is 0.129. The number of benzene rings is 2. The molecule has 4 rings (SSSR count). The Hall–Kier alpha value is -3.59. The van der Waals surface area contributed by atoms with Crippen LogP contribution in [0.3, 0.4) is 0 Å². The van der Waals surface area contributed by atoms with E-state index >= 15 is 0 Å². The SMILES string of the molecule is O=C(Nc1ccc(N2CCN(C(=O)c3ccccc3Cl)CC2)nc1)c1ccccc1C(F)(F)F. The van der Waals surface area contributed by atoms with Gasteiger partial charge in [-0.05, 0) is 36.4 Å². The molecule has 0 atom stereocenters. The lowest BCUT2D eigenvalue weighted by Crippen LogP contribution is -2.49. The first-order valence-corrected chi connectivity index (χ1v) is 10.8. The summed E-state index contributed by atoms with van der Waals surface area (Å²) in [7, 11) is 0. The number of anilines is 2. The second-order valence-electron chi connectivity index (χ2n) is 7.66. The third-order valence-electron chi connectivity index (χ3n) is 5.48. The summed E-state index contributed by atoms with van der Waals surface area (Å²) in [5, 5.41) is 2.87. The van der Waals surface area contributed by atoms with Crippen LogP contribution in [0.5, 0.6) is 0 Å². The summed E-state index contributed by atoms with van der Waals surface area (Å²) in [5.41, 5.74) is -0.721. The van der Waals surface area contributed by atoms with Gasteiger partial charge in [0.15, 0.2) is 0 Å². The van der Waals surface area contributed by atoms with Crippen LogP contribution in [0.1, 0.15) is 26.3 Å². The Balaban J connectivity index is 1.37. The van der Waals surface area contributed by atoms with Crippen LogP contribution in [-0.2, 0) is 6.18 Å². The molecule has 1 aliphatic rings. The molecule has 6 nitrogen and oxygen atoms in total. The van der Waals surface area contributed by atoms with Gasteiger partial charge >= 0.3 is 6.18 Å². The highest BCUT2D eigenvalue weighted by Gasteiger charge is 2.34. The van der Waals surface area contributed by atoms with Crippen LogP contribution < -0.4 is 10.2 Å². The van der Waals surface area contributed by atoms with Crippen molar-refractivity contribution in [3.05, 3.63) is 88.6 Å². The van der Waals surface area contributed by atoms with E-state index in [4.69, 9.17) is 11.6 Å². The number of alkyl halides is 3. The first-order valence-electron chi connectivity index (χ1n) is 10.5. The van der Waals surface area contributed by atoms with Crippen LogP contribution in [0.4, 0.5) is 24.7 Å². The number of halogens is 4. The third-order valence-corrected chi connectivity index (χ3v) is 5.81. The number of nitrogens with one attached hydrogen (secondary N) is 1. The van der Waals surface area contributed by atoms with Gasteiger partial charge in [0.2, 0.25) is 0 Å². The normalized spacial score (nSPS) is 14.1. The molecule has 10 heteroatoms. The molecule has 0 unspecified atom stereocenters. The van der Waals surface area contributed by atoms with Gasteiger partial charge in [0.25, 0.3) is 11.8 Å². The van der Waals surface area contributed by atoms with Crippen molar-refractivity contribution in [1.29, 1.82) is 0 Å². The number of amides is 2. The fourth-order valence-corrected chi connectivity index (χ4v) is 3.93. The van der Waals surface area contributed by atoms with Gasteiger partial charge in [0, 0.05) is 26.2 Å². The maximum absolute atomic E-state index is 13.2. The van der Waals surface area contributed by atoms with Crippen LogP contribution in [-0.4, -0.2) is 47.9 Å². The van der Waals surface area contributed by atoms with Crippen molar-refractivity contribution in [2.45, 2.75) is 6.18 Å². The minimum Gasteiger partial charge on any atom is -0.353 e. The van der Waals surface area contributed by atoms with E-state index in [1.807, 2.05) is 4.90 Å². The number of aromatic nitrogens is 1. The Morgan fingerprint density at radius 3 is 2.15 bits per heavy atom. The van der Waals surface area contributed by atoms with Crippen molar-refractivity contribution in [1.82, 2.24) is 9.88 Å². The van der Waals surface area contributed by atoms with E-state index in [9.17, 15) is 22.8 Å². The highest BCUT2D eigenvalue weighted by molar-refractivity contribution is 6.33. The predicted molar refractivity (Wildman–Crippen MR) is 123 cm³/mol. The second-order valence-corrected chi connectivity index (χ2v) is 8.07. The lowest BCUT2D eigenvalue weighted by molar-refractivity contribution is -0.137. The zero-order chi connectivity index (χ0) is 24.3. The molecule has 0 saturated carbocycles. The van der Waals surface area contributed by atoms with Gasteiger partial charge in [-0.15, -0.1) is 0 Å². The number of pyridine rings is 1. The van der Waals surface area contributed by atoms with Gasteiger partial charge in [-0.3, -0.25) is 9.59 Å². The molecule has 2 amide bonds. The number of carbonyl (C=O) groups is 2.